The standard InChI is InChI=1S/C10H14N2O4S.ClH/c1-16-10(13)8-5-7(6-11)3-4-9(8)12-17(2,14)15;/h3-5,12H,6,11H2,1-2H3;1H. The van der Waals surface area contributed by atoms with Gasteiger partial charge < -0.3 is 10.5 Å². The average molecular weight is 295 g/mol. The van der Waals surface area contributed by atoms with E-state index in [4.69, 9.17) is 5.73 Å². The maximum absolute atomic E-state index is 11.5. The van der Waals surface area contributed by atoms with Crippen LogP contribution in [-0.2, 0) is 21.3 Å². The Labute approximate surface area is 112 Å². The first-order valence-electron chi connectivity index (χ1n) is 4.76. The zero-order valence-electron chi connectivity index (χ0n) is 9.97. The van der Waals surface area contributed by atoms with Crippen LogP contribution in [0.3, 0.4) is 0 Å². The van der Waals surface area contributed by atoms with Gasteiger partial charge in [0.2, 0.25) is 10.0 Å². The van der Waals surface area contributed by atoms with Crippen molar-refractivity contribution in [3.63, 3.8) is 0 Å². The minimum Gasteiger partial charge on any atom is -0.465 e. The summed E-state index contributed by atoms with van der Waals surface area (Å²) in [6.45, 7) is 0.253. The third-order valence-corrected chi connectivity index (χ3v) is 2.61. The van der Waals surface area contributed by atoms with Crippen molar-refractivity contribution in [3.05, 3.63) is 29.3 Å². The van der Waals surface area contributed by atoms with Gasteiger partial charge in [-0.15, -0.1) is 12.4 Å². The molecule has 0 heterocycles. The molecular weight excluding hydrogens is 280 g/mol. The van der Waals surface area contributed by atoms with E-state index < -0.39 is 16.0 Å². The summed E-state index contributed by atoms with van der Waals surface area (Å²) in [6.07, 6.45) is 1.00. The predicted octanol–water partition coefficient (Wildman–Crippen LogP) is 0.725. The molecule has 1 aromatic carbocycles. The van der Waals surface area contributed by atoms with Crippen molar-refractivity contribution in [2.45, 2.75) is 6.54 Å². The number of nitrogens with one attached hydrogen (secondary N) is 1. The first-order chi connectivity index (χ1) is 7.87. The summed E-state index contributed by atoms with van der Waals surface area (Å²) in [4.78, 5) is 11.5. The Bertz CT molecular complexity index is 531. The lowest BCUT2D eigenvalue weighted by molar-refractivity contribution is 0.0602. The quantitative estimate of drug-likeness (QED) is 0.798. The van der Waals surface area contributed by atoms with Gasteiger partial charge in [0.1, 0.15) is 0 Å². The maximum atomic E-state index is 11.5. The molecule has 0 spiro atoms. The molecular formula is C10H15ClN2O4S. The molecule has 3 N–H and O–H groups in total. The molecule has 1 rings (SSSR count). The summed E-state index contributed by atoms with van der Waals surface area (Å²) in [6, 6.07) is 4.62. The third kappa shape index (κ3) is 4.52. The first kappa shape index (κ1) is 16.7. The van der Waals surface area contributed by atoms with Crippen LogP contribution in [0, 0.1) is 0 Å². The summed E-state index contributed by atoms with van der Waals surface area (Å²) < 4.78 is 29.1. The fourth-order valence-electron chi connectivity index (χ4n) is 1.29. The Kier molecular flexibility index (Phi) is 6.10. The molecule has 1 aromatic rings. The van der Waals surface area contributed by atoms with E-state index in [1.54, 1.807) is 6.07 Å². The van der Waals surface area contributed by atoms with E-state index in [1.807, 2.05) is 0 Å². The van der Waals surface area contributed by atoms with Crippen molar-refractivity contribution in [1.29, 1.82) is 0 Å². The Hall–Kier alpha value is -1.31. The Morgan fingerprint density at radius 2 is 2.06 bits per heavy atom. The topological polar surface area (TPSA) is 98.5 Å². The van der Waals surface area contributed by atoms with Gasteiger partial charge in [0.05, 0.1) is 24.6 Å². The number of rotatable bonds is 4. The number of sulfonamides is 1. The molecule has 0 bridgehead atoms. The van der Waals surface area contributed by atoms with Crippen LogP contribution >= 0.6 is 12.4 Å². The highest BCUT2D eigenvalue weighted by atomic mass is 35.5. The van der Waals surface area contributed by atoms with Crippen molar-refractivity contribution >= 4 is 34.1 Å². The van der Waals surface area contributed by atoms with Gasteiger partial charge >= 0.3 is 5.97 Å². The fraction of sp³-hybridized carbons (Fsp3) is 0.300. The number of anilines is 1. The number of benzene rings is 1. The van der Waals surface area contributed by atoms with Crippen molar-refractivity contribution in [2.24, 2.45) is 5.73 Å². The van der Waals surface area contributed by atoms with Crippen LogP contribution in [0.2, 0.25) is 0 Å². The van der Waals surface area contributed by atoms with Gasteiger partial charge in [-0.25, -0.2) is 13.2 Å². The van der Waals surface area contributed by atoms with Crippen LogP contribution in [0.4, 0.5) is 5.69 Å². The molecule has 8 heteroatoms. The second-order valence-electron chi connectivity index (χ2n) is 3.45. The van der Waals surface area contributed by atoms with Gasteiger partial charge in [-0.1, -0.05) is 6.07 Å². The maximum Gasteiger partial charge on any atom is 0.340 e. The first-order valence-corrected chi connectivity index (χ1v) is 6.65. The monoisotopic (exact) mass is 294 g/mol. The van der Waals surface area contributed by atoms with Crippen LogP contribution < -0.4 is 10.5 Å². The lowest BCUT2D eigenvalue weighted by atomic mass is 10.1. The van der Waals surface area contributed by atoms with E-state index in [2.05, 4.69) is 9.46 Å². The number of halogens is 1. The molecule has 6 nitrogen and oxygen atoms in total. The normalized spacial score (nSPS) is 10.4. The van der Waals surface area contributed by atoms with E-state index in [1.165, 1.54) is 19.2 Å². The molecule has 0 aromatic heterocycles. The molecule has 0 saturated heterocycles. The second-order valence-corrected chi connectivity index (χ2v) is 5.20. The number of ether oxygens (including phenoxy) is 1. The van der Waals surface area contributed by atoms with Crippen LogP contribution in [0.25, 0.3) is 0 Å². The van der Waals surface area contributed by atoms with Crippen molar-refractivity contribution < 1.29 is 17.9 Å². The minimum absolute atomic E-state index is 0. The van der Waals surface area contributed by atoms with Gasteiger partial charge in [0, 0.05) is 6.54 Å². The largest absolute Gasteiger partial charge is 0.465 e. The van der Waals surface area contributed by atoms with Crippen LogP contribution in [0.15, 0.2) is 18.2 Å². The molecule has 0 atom stereocenters. The molecule has 102 valence electrons. The third-order valence-electron chi connectivity index (χ3n) is 2.02. The molecule has 0 amide bonds. The highest BCUT2D eigenvalue weighted by Crippen LogP contribution is 2.19. The van der Waals surface area contributed by atoms with Gasteiger partial charge in [0.25, 0.3) is 0 Å². The molecule has 0 saturated carbocycles. The smallest absolute Gasteiger partial charge is 0.340 e. The zero-order valence-corrected chi connectivity index (χ0v) is 11.6. The van der Waals surface area contributed by atoms with Gasteiger partial charge in [-0.05, 0) is 17.7 Å². The molecule has 18 heavy (non-hydrogen) atoms. The summed E-state index contributed by atoms with van der Waals surface area (Å²) in [5.41, 5.74) is 6.48. The Balaban J connectivity index is 0.00000289. The number of hydrogen-bond donors (Lipinski definition) is 2. The van der Waals surface area contributed by atoms with E-state index in [9.17, 15) is 13.2 Å². The van der Waals surface area contributed by atoms with E-state index in [0.29, 0.717) is 5.56 Å². The number of carbonyl (C=O) groups is 1. The highest BCUT2D eigenvalue weighted by Gasteiger charge is 2.15. The van der Waals surface area contributed by atoms with Crippen molar-refractivity contribution in [3.8, 4) is 0 Å². The van der Waals surface area contributed by atoms with E-state index in [-0.39, 0.29) is 30.2 Å². The Morgan fingerprint density at radius 3 is 2.50 bits per heavy atom. The van der Waals surface area contributed by atoms with Gasteiger partial charge in [-0.3, -0.25) is 4.72 Å². The number of esters is 1. The SMILES string of the molecule is COC(=O)c1cc(CN)ccc1NS(C)(=O)=O.Cl. The van der Waals surface area contributed by atoms with Gasteiger partial charge in [-0.2, -0.15) is 0 Å². The van der Waals surface area contributed by atoms with E-state index in [0.717, 1.165) is 6.26 Å². The number of carbonyl (C=O) groups excluding carboxylic acids is 1. The summed E-state index contributed by atoms with van der Waals surface area (Å²) in [7, 11) is -2.23. The molecule has 0 radical (unpaired) electrons. The Morgan fingerprint density at radius 1 is 1.44 bits per heavy atom. The lowest BCUT2D eigenvalue weighted by Crippen LogP contribution is -2.14. The predicted molar refractivity (Wildman–Crippen MR) is 71.4 cm³/mol. The van der Waals surface area contributed by atoms with Crippen LogP contribution in [0.5, 0.6) is 0 Å². The molecule has 0 aliphatic heterocycles. The van der Waals surface area contributed by atoms with Crippen LogP contribution in [0.1, 0.15) is 15.9 Å². The number of methoxy groups -OCH3 is 1. The van der Waals surface area contributed by atoms with Gasteiger partial charge in [0.15, 0.2) is 0 Å². The van der Waals surface area contributed by atoms with E-state index >= 15 is 0 Å². The molecule has 0 aliphatic rings. The highest BCUT2D eigenvalue weighted by molar-refractivity contribution is 7.92. The average Bonchev–Trinajstić information content (AvgIpc) is 2.26. The number of nitrogens with two attached hydrogens (primary N) is 1. The second kappa shape index (κ2) is 6.58. The fourth-order valence-corrected chi connectivity index (χ4v) is 1.86. The molecule has 0 unspecified atom stereocenters. The minimum atomic E-state index is -3.45. The van der Waals surface area contributed by atoms with Crippen molar-refractivity contribution in [2.75, 3.05) is 18.1 Å². The number of hydrogen-bond acceptors (Lipinski definition) is 5. The summed E-state index contributed by atoms with van der Waals surface area (Å²) in [5.74, 6) is -0.619. The van der Waals surface area contributed by atoms with Crippen LogP contribution in [-0.4, -0.2) is 27.8 Å². The lowest BCUT2D eigenvalue weighted by Gasteiger charge is -2.10. The molecule has 0 aliphatic carbocycles. The molecule has 0 fully saturated rings. The van der Waals surface area contributed by atoms with Crippen molar-refractivity contribution in [1.82, 2.24) is 0 Å². The summed E-state index contributed by atoms with van der Waals surface area (Å²) >= 11 is 0. The zero-order chi connectivity index (χ0) is 13.1. The summed E-state index contributed by atoms with van der Waals surface area (Å²) in [5, 5.41) is 0.